The zero-order valence-corrected chi connectivity index (χ0v) is 20.1. The Morgan fingerprint density at radius 3 is 2.03 bits per heavy atom. The van der Waals surface area contributed by atoms with Crippen LogP contribution < -0.4 is 5.32 Å². The van der Waals surface area contributed by atoms with Crippen LogP contribution in [0.3, 0.4) is 0 Å². The highest BCUT2D eigenvalue weighted by molar-refractivity contribution is 5.73. The quantitative estimate of drug-likeness (QED) is 0.361. The maximum atomic E-state index is 11.9. The molecule has 0 aliphatic heterocycles. The van der Waals surface area contributed by atoms with Gasteiger partial charge >= 0.3 is 17.9 Å². The summed E-state index contributed by atoms with van der Waals surface area (Å²) in [4.78, 5) is 47.0. The number of nitrogens with one attached hydrogen (secondary N) is 1. The van der Waals surface area contributed by atoms with E-state index >= 15 is 0 Å². The molecule has 0 bridgehead atoms. The third-order valence-corrected chi connectivity index (χ3v) is 5.12. The van der Waals surface area contributed by atoms with Crippen molar-refractivity contribution < 1.29 is 42.9 Å². The monoisotopic (exact) mass is 459 g/mol. The van der Waals surface area contributed by atoms with Gasteiger partial charge in [-0.25, -0.2) is 0 Å². The number of rotatable bonds is 11. The van der Waals surface area contributed by atoms with Crippen molar-refractivity contribution in [2.24, 2.45) is 5.92 Å². The zero-order valence-electron chi connectivity index (χ0n) is 20.1. The number of hydrogen-bond donors (Lipinski definition) is 1. The molecule has 0 aromatic heterocycles. The van der Waals surface area contributed by atoms with E-state index in [4.69, 9.17) is 23.7 Å². The van der Waals surface area contributed by atoms with Crippen LogP contribution in [0.2, 0.25) is 0 Å². The lowest BCUT2D eigenvalue weighted by Crippen LogP contribution is -2.63. The highest BCUT2D eigenvalue weighted by Crippen LogP contribution is 2.33. The van der Waals surface area contributed by atoms with E-state index in [9.17, 15) is 19.2 Å². The van der Waals surface area contributed by atoms with Gasteiger partial charge in [-0.2, -0.15) is 0 Å². The number of hydrogen-bond acceptors (Lipinski definition) is 9. The van der Waals surface area contributed by atoms with E-state index in [1.807, 2.05) is 20.8 Å². The summed E-state index contributed by atoms with van der Waals surface area (Å²) < 4.78 is 27.9. The van der Waals surface area contributed by atoms with Crippen LogP contribution in [0.25, 0.3) is 0 Å². The van der Waals surface area contributed by atoms with E-state index in [1.165, 1.54) is 27.7 Å². The first kappa shape index (κ1) is 27.8. The summed E-state index contributed by atoms with van der Waals surface area (Å²) in [5.41, 5.74) is -0.403. The van der Waals surface area contributed by atoms with Gasteiger partial charge in [0.25, 0.3) is 0 Å². The van der Waals surface area contributed by atoms with Gasteiger partial charge < -0.3 is 29.0 Å². The summed E-state index contributed by atoms with van der Waals surface area (Å²) >= 11 is 0. The fourth-order valence-electron chi connectivity index (χ4n) is 3.84. The van der Waals surface area contributed by atoms with Crippen LogP contribution in [-0.4, -0.2) is 73.6 Å². The molecule has 1 N–H and O–H groups in total. The lowest BCUT2D eigenvalue weighted by atomic mass is 9.79. The van der Waals surface area contributed by atoms with Gasteiger partial charge in [0.1, 0.15) is 6.10 Å². The van der Waals surface area contributed by atoms with Crippen molar-refractivity contribution >= 4 is 23.8 Å². The first-order chi connectivity index (χ1) is 14.9. The number of carbonyl (C=O) groups is 4. The average molecular weight is 460 g/mol. The number of amides is 1. The minimum atomic E-state index is -1.01. The molecule has 0 radical (unpaired) electrons. The molecule has 184 valence electrons. The van der Waals surface area contributed by atoms with Crippen molar-refractivity contribution in [3.63, 3.8) is 0 Å². The lowest BCUT2D eigenvalue weighted by molar-refractivity contribution is -0.194. The molecule has 0 unspecified atom stereocenters. The molecule has 1 saturated carbocycles. The van der Waals surface area contributed by atoms with Crippen molar-refractivity contribution in [2.75, 3.05) is 19.8 Å². The largest absolute Gasteiger partial charge is 0.465 e. The Hall–Kier alpha value is -2.20. The van der Waals surface area contributed by atoms with Crippen molar-refractivity contribution in [1.82, 2.24) is 5.32 Å². The summed E-state index contributed by atoms with van der Waals surface area (Å²) in [6.45, 7) is 11.7. The Balaban J connectivity index is 3.19. The minimum Gasteiger partial charge on any atom is -0.465 e. The van der Waals surface area contributed by atoms with Crippen molar-refractivity contribution in [1.29, 1.82) is 0 Å². The van der Waals surface area contributed by atoms with Gasteiger partial charge in [-0.15, -0.1) is 0 Å². The van der Waals surface area contributed by atoms with Crippen molar-refractivity contribution in [2.45, 2.75) is 91.3 Å². The van der Waals surface area contributed by atoms with Gasteiger partial charge in [0.2, 0.25) is 5.91 Å². The molecule has 32 heavy (non-hydrogen) atoms. The van der Waals surface area contributed by atoms with E-state index in [1.54, 1.807) is 0 Å². The molecule has 0 aromatic carbocycles. The summed E-state index contributed by atoms with van der Waals surface area (Å²) in [6, 6.07) is -0.760. The Morgan fingerprint density at radius 2 is 1.53 bits per heavy atom. The molecule has 0 saturated heterocycles. The normalized spacial score (nSPS) is 25.5. The molecule has 1 aliphatic carbocycles. The SMILES string of the molecule is CCOC(C)(C)CCO[C@@H]1C[C@H](COC(C)=O)[C@H](OC(C)=O)[C@H](OC(C)=O)[C@H]1NC(C)=O. The van der Waals surface area contributed by atoms with Crippen LogP contribution in [0.5, 0.6) is 0 Å². The lowest BCUT2D eigenvalue weighted by Gasteiger charge is -2.45. The Bertz CT molecular complexity index is 664. The fourth-order valence-corrected chi connectivity index (χ4v) is 3.84. The summed E-state index contributed by atoms with van der Waals surface area (Å²) in [5, 5.41) is 2.78. The van der Waals surface area contributed by atoms with E-state index in [-0.39, 0.29) is 12.5 Å². The summed E-state index contributed by atoms with van der Waals surface area (Å²) in [6.07, 6.45) is -1.62. The molecule has 10 heteroatoms. The predicted molar refractivity (Wildman–Crippen MR) is 114 cm³/mol. The molecule has 10 nitrogen and oxygen atoms in total. The van der Waals surface area contributed by atoms with E-state index in [2.05, 4.69) is 5.32 Å². The first-order valence-electron chi connectivity index (χ1n) is 10.9. The molecule has 0 spiro atoms. The van der Waals surface area contributed by atoms with E-state index in [0.29, 0.717) is 26.1 Å². The van der Waals surface area contributed by atoms with Crippen LogP contribution in [-0.2, 0) is 42.9 Å². The third kappa shape index (κ3) is 9.52. The summed E-state index contributed by atoms with van der Waals surface area (Å²) in [7, 11) is 0. The van der Waals surface area contributed by atoms with E-state index in [0.717, 1.165) is 0 Å². The number of esters is 3. The Labute approximate surface area is 189 Å². The molecular weight excluding hydrogens is 422 g/mol. The standard InChI is InChI=1S/C22H37NO9/c1-8-30-22(6,7)9-10-28-18-11-17(12-29-14(3)25)20(31-15(4)26)21(32-16(5)27)19(18)23-13(2)24/h17-21H,8-12H2,1-7H3,(H,23,24)/t17-,18-,19+,20+,21-/m1/s1. The summed E-state index contributed by atoms with van der Waals surface area (Å²) in [5.74, 6) is -2.53. The van der Waals surface area contributed by atoms with E-state index < -0.39 is 53.8 Å². The van der Waals surface area contributed by atoms with Crippen LogP contribution in [0.4, 0.5) is 0 Å². The maximum absolute atomic E-state index is 11.9. The maximum Gasteiger partial charge on any atom is 0.303 e. The highest BCUT2D eigenvalue weighted by Gasteiger charge is 2.50. The minimum absolute atomic E-state index is 0.0534. The van der Waals surface area contributed by atoms with Gasteiger partial charge in [0.15, 0.2) is 6.10 Å². The zero-order chi connectivity index (χ0) is 24.5. The second-order valence-corrected chi connectivity index (χ2v) is 8.52. The first-order valence-corrected chi connectivity index (χ1v) is 10.9. The number of carbonyl (C=O) groups excluding carboxylic acids is 4. The van der Waals surface area contributed by atoms with Crippen LogP contribution in [0.15, 0.2) is 0 Å². The van der Waals surface area contributed by atoms with Crippen LogP contribution >= 0.6 is 0 Å². The fraction of sp³-hybridized carbons (Fsp3) is 0.818. The second-order valence-electron chi connectivity index (χ2n) is 8.52. The average Bonchev–Trinajstić information content (AvgIpc) is 2.63. The molecule has 1 fully saturated rings. The topological polar surface area (TPSA) is 126 Å². The molecule has 1 aliphatic rings. The van der Waals surface area contributed by atoms with Crippen molar-refractivity contribution in [3.8, 4) is 0 Å². The number of ether oxygens (including phenoxy) is 5. The molecule has 5 atom stereocenters. The molecule has 0 heterocycles. The van der Waals surface area contributed by atoms with Crippen LogP contribution in [0, 0.1) is 5.92 Å². The predicted octanol–water partition coefficient (Wildman–Crippen LogP) is 1.53. The van der Waals surface area contributed by atoms with Gasteiger partial charge in [0, 0.05) is 46.8 Å². The van der Waals surface area contributed by atoms with Crippen molar-refractivity contribution in [3.05, 3.63) is 0 Å². The molecular formula is C22H37NO9. The Kier molecular flexibility index (Phi) is 11.1. The molecule has 1 rings (SSSR count). The molecule has 0 aromatic rings. The molecule has 1 amide bonds. The van der Waals surface area contributed by atoms with Gasteiger partial charge in [-0.3, -0.25) is 19.2 Å². The van der Waals surface area contributed by atoms with Gasteiger partial charge in [-0.1, -0.05) is 0 Å². The smallest absolute Gasteiger partial charge is 0.303 e. The highest BCUT2D eigenvalue weighted by atomic mass is 16.6. The Morgan fingerprint density at radius 1 is 0.938 bits per heavy atom. The van der Waals surface area contributed by atoms with Gasteiger partial charge in [-0.05, 0) is 33.6 Å². The third-order valence-electron chi connectivity index (χ3n) is 5.12. The van der Waals surface area contributed by atoms with Crippen LogP contribution in [0.1, 0.15) is 61.3 Å². The van der Waals surface area contributed by atoms with Gasteiger partial charge in [0.05, 0.1) is 24.4 Å². The second kappa shape index (κ2) is 12.7.